The highest BCUT2D eigenvalue weighted by atomic mass is 15.3. The van der Waals surface area contributed by atoms with E-state index in [1.54, 1.807) is 17.1 Å². The van der Waals surface area contributed by atoms with Gasteiger partial charge in [0.1, 0.15) is 0 Å². The first kappa shape index (κ1) is 8.40. The molecule has 0 atom stereocenters. The SMILES string of the molecule is Nc1nccnc1-n1ccc(C2CC2)n1. The molecule has 0 spiro atoms. The largest absolute Gasteiger partial charge is 0.381 e. The summed E-state index contributed by atoms with van der Waals surface area (Å²) in [5.41, 5.74) is 6.84. The van der Waals surface area contributed by atoms with Gasteiger partial charge in [0.15, 0.2) is 11.6 Å². The summed E-state index contributed by atoms with van der Waals surface area (Å²) in [7, 11) is 0. The Balaban J connectivity index is 2.01. The van der Waals surface area contributed by atoms with Crippen molar-refractivity contribution in [3.63, 3.8) is 0 Å². The van der Waals surface area contributed by atoms with Gasteiger partial charge in [-0.15, -0.1) is 0 Å². The van der Waals surface area contributed by atoms with Crippen molar-refractivity contribution in [3.05, 3.63) is 30.4 Å². The van der Waals surface area contributed by atoms with Crippen LogP contribution in [0.5, 0.6) is 0 Å². The maximum Gasteiger partial charge on any atom is 0.196 e. The highest BCUT2D eigenvalue weighted by Crippen LogP contribution is 2.39. The Bertz CT molecular complexity index is 486. The smallest absolute Gasteiger partial charge is 0.196 e. The summed E-state index contributed by atoms with van der Waals surface area (Å²) in [6, 6.07) is 2.02. The lowest BCUT2D eigenvalue weighted by molar-refractivity contribution is 0.810. The van der Waals surface area contributed by atoms with Crippen LogP contribution in [-0.2, 0) is 0 Å². The molecule has 2 aromatic heterocycles. The second-order valence-corrected chi connectivity index (χ2v) is 3.72. The van der Waals surface area contributed by atoms with Gasteiger partial charge in [0, 0.05) is 24.5 Å². The minimum Gasteiger partial charge on any atom is -0.381 e. The fourth-order valence-corrected chi connectivity index (χ4v) is 1.57. The van der Waals surface area contributed by atoms with Crippen molar-refractivity contribution in [1.82, 2.24) is 19.7 Å². The van der Waals surface area contributed by atoms with E-state index in [4.69, 9.17) is 5.73 Å². The first-order chi connectivity index (χ1) is 7.34. The molecule has 76 valence electrons. The summed E-state index contributed by atoms with van der Waals surface area (Å²) in [5.74, 6) is 1.65. The predicted molar refractivity (Wildman–Crippen MR) is 55.5 cm³/mol. The third kappa shape index (κ3) is 1.45. The van der Waals surface area contributed by atoms with Crippen LogP contribution < -0.4 is 5.73 Å². The first-order valence-corrected chi connectivity index (χ1v) is 4.97. The van der Waals surface area contributed by atoms with Crippen molar-refractivity contribution in [2.75, 3.05) is 5.73 Å². The van der Waals surface area contributed by atoms with Crippen LogP contribution in [-0.4, -0.2) is 19.7 Å². The minimum absolute atomic E-state index is 0.406. The molecule has 1 aliphatic carbocycles. The van der Waals surface area contributed by atoms with Crippen LogP contribution in [0.4, 0.5) is 5.82 Å². The summed E-state index contributed by atoms with van der Waals surface area (Å²) in [4.78, 5) is 8.13. The van der Waals surface area contributed by atoms with Crippen molar-refractivity contribution in [2.24, 2.45) is 0 Å². The molecule has 0 aromatic carbocycles. The highest BCUT2D eigenvalue weighted by molar-refractivity contribution is 5.45. The monoisotopic (exact) mass is 201 g/mol. The fraction of sp³-hybridized carbons (Fsp3) is 0.300. The quantitative estimate of drug-likeness (QED) is 0.790. The van der Waals surface area contributed by atoms with Gasteiger partial charge in [-0.05, 0) is 18.9 Å². The van der Waals surface area contributed by atoms with Gasteiger partial charge in [0.05, 0.1) is 5.69 Å². The average Bonchev–Trinajstić information content (AvgIpc) is 2.99. The molecule has 2 aromatic rings. The number of rotatable bonds is 2. The maximum atomic E-state index is 5.72. The molecule has 0 radical (unpaired) electrons. The topological polar surface area (TPSA) is 69.6 Å². The Morgan fingerprint density at radius 1 is 1.27 bits per heavy atom. The van der Waals surface area contributed by atoms with Crippen LogP contribution in [0, 0.1) is 0 Å². The lowest BCUT2D eigenvalue weighted by Gasteiger charge is -2.01. The van der Waals surface area contributed by atoms with Gasteiger partial charge >= 0.3 is 0 Å². The molecule has 0 saturated heterocycles. The van der Waals surface area contributed by atoms with Crippen LogP contribution >= 0.6 is 0 Å². The Morgan fingerprint density at radius 3 is 2.80 bits per heavy atom. The first-order valence-electron chi connectivity index (χ1n) is 4.97. The molecule has 0 bridgehead atoms. The number of nitrogens with zero attached hydrogens (tertiary/aromatic N) is 4. The number of hydrogen-bond donors (Lipinski definition) is 1. The third-order valence-electron chi connectivity index (χ3n) is 2.53. The van der Waals surface area contributed by atoms with Crippen LogP contribution in [0.2, 0.25) is 0 Å². The van der Waals surface area contributed by atoms with E-state index < -0.39 is 0 Å². The van der Waals surface area contributed by atoms with E-state index in [0.717, 1.165) is 5.69 Å². The van der Waals surface area contributed by atoms with Crippen molar-refractivity contribution in [1.29, 1.82) is 0 Å². The van der Waals surface area contributed by atoms with Gasteiger partial charge < -0.3 is 5.73 Å². The summed E-state index contributed by atoms with van der Waals surface area (Å²) >= 11 is 0. The molecular formula is C10H11N5. The fourth-order valence-electron chi connectivity index (χ4n) is 1.57. The molecule has 1 aliphatic rings. The molecule has 0 unspecified atom stereocenters. The van der Waals surface area contributed by atoms with Gasteiger partial charge in [-0.3, -0.25) is 0 Å². The normalized spacial score (nSPS) is 15.5. The predicted octanol–water partition coefficient (Wildman–Crippen LogP) is 1.12. The third-order valence-corrected chi connectivity index (χ3v) is 2.53. The molecule has 3 rings (SSSR count). The van der Waals surface area contributed by atoms with E-state index in [1.807, 2.05) is 12.3 Å². The van der Waals surface area contributed by atoms with Gasteiger partial charge in [-0.25, -0.2) is 14.6 Å². The molecule has 2 heterocycles. The highest BCUT2D eigenvalue weighted by Gasteiger charge is 2.26. The van der Waals surface area contributed by atoms with Gasteiger partial charge in [-0.1, -0.05) is 0 Å². The van der Waals surface area contributed by atoms with E-state index in [-0.39, 0.29) is 0 Å². The molecule has 0 amide bonds. The number of anilines is 1. The molecule has 5 nitrogen and oxygen atoms in total. The summed E-state index contributed by atoms with van der Waals surface area (Å²) < 4.78 is 1.69. The molecule has 2 N–H and O–H groups in total. The molecule has 15 heavy (non-hydrogen) atoms. The lowest BCUT2D eigenvalue weighted by atomic mass is 10.3. The van der Waals surface area contributed by atoms with E-state index in [0.29, 0.717) is 17.6 Å². The molecule has 0 aliphatic heterocycles. The van der Waals surface area contributed by atoms with Crippen molar-refractivity contribution < 1.29 is 0 Å². The van der Waals surface area contributed by atoms with Crippen molar-refractivity contribution >= 4 is 5.82 Å². The van der Waals surface area contributed by atoms with E-state index in [1.165, 1.54) is 12.8 Å². The standard InChI is InChI=1S/C10H11N5/c11-9-10(13-5-4-12-9)15-6-3-8(14-15)7-1-2-7/h3-7H,1-2H2,(H2,11,12). The van der Waals surface area contributed by atoms with Crippen LogP contribution in [0.1, 0.15) is 24.5 Å². The molecule has 1 saturated carbocycles. The van der Waals surface area contributed by atoms with Crippen LogP contribution in [0.15, 0.2) is 24.7 Å². The van der Waals surface area contributed by atoms with Crippen LogP contribution in [0.3, 0.4) is 0 Å². The Labute approximate surface area is 87.0 Å². The molecule has 1 fully saturated rings. The summed E-state index contributed by atoms with van der Waals surface area (Å²) in [5, 5.41) is 4.44. The summed E-state index contributed by atoms with van der Waals surface area (Å²) in [6.07, 6.45) is 7.56. The Kier molecular flexibility index (Phi) is 1.71. The second-order valence-electron chi connectivity index (χ2n) is 3.72. The van der Waals surface area contributed by atoms with E-state index in [9.17, 15) is 0 Å². The van der Waals surface area contributed by atoms with E-state index >= 15 is 0 Å². The zero-order valence-electron chi connectivity index (χ0n) is 8.17. The number of nitrogens with two attached hydrogens (primary N) is 1. The molecule has 5 heteroatoms. The van der Waals surface area contributed by atoms with Gasteiger partial charge in [-0.2, -0.15) is 5.10 Å². The number of nitrogen functional groups attached to an aromatic ring is 1. The number of aromatic nitrogens is 4. The average molecular weight is 201 g/mol. The molecular weight excluding hydrogens is 190 g/mol. The minimum atomic E-state index is 0.406. The zero-order valence-corrected chi connectivity index (χ0v) is 8.17. The van der Waals surface area contributed by atoms with Crippen molar-refractivity contribution in [2.45, 2.75) is 18.8 Å². The van der Waals surface area contributed by atoms with Gasteiger partial charge in [0.25, 0.3) is 0 Å². The van der Waals surface area contributed by atoms with Crippen LogP contribution in [0.25, 0.3) is 5.82 Å². The summed E-state index contributed by atoms with van der Waals surface area (Å²) in [6.45, 7) is 0. The zero-order chi connectivity index (χ0) is 10.3. The Hall–Kier alpha value is -1.91. The maximum absolute atomic E-state index is 5.72. The Morgan fingerprint density at radius 2 is 2.07 bits per heavy atom. The van der Waals surface area contributed by atoms with Crippen molar-refractivity contribution in [3.8, 4) is 5.82 Å². The second kappa shape index (κ2) is 3.05. The van der Waals surface area contributed by atoms with Gasteiger partial charge in [0.2, 0.25) is 0 Å². The van der Waals surface area contributed by atoms with E-state index in [2.05, 4.69) is 15.1 Å². The lowest BCUT2D eigenvalue weighted by Crippen LogP contribution is -2.05. The number of hydrogen-bond acceptors (Lipinski definition) is 4.